The summed E-state index contributed by atoms with van der Waals surface area (Å²) in [6.07, 6.45) is 4.60. The second-order valence-corrected chi connectivity index (χ2v) is 4.39. The molecule has 2 rings (SSSR count). The SMILES string of the molecule is CC(=O)N(c1ccccc1N)C1CCCC1. The van der Waals surface area contributed by atoms with E-state index in [2.05, 4.69) is 0 Å². The summed E-state index contributed by atoms with van der Waals surface area (Å²) in [5.74, 6) is 0.0878. The summed E-state index contributed by atoms with van der Waals surface area (Å²) < 4.78 is 0. The Kier molecular flexibility index (Phi) is 3.13. The van der Waals surface area contributed by atoms with Crippen molar-refractivity contribution in [3.05, 3.63) is 24.3 Å². The molecule has 16 heavy (non-hydrogen) atoms. The number of amides is 1. The van der Waals surface area contributed by atoms with Gasteiger partial charge in [0.2, 0.25) is 5.91 Å². The van der Waals surface area contributed by atoms with E-state index in [-0.39, 0.29) is 5.91 Å². The van der Waals surface area contributed by atoms with E-state index in [1.54, 1.807) is 6.92 Å². The van der Waals surface area contributed by atoms with Crippen molar-refractivity contribution in [2.75, 3.05) is 10.6 Å². The summed E-state index contributed by atoms with van der Waals surface area (Å²) >= 11 is 0. The molecule has 0 bridgehead atoms. The van der Waals surface area contributed by atoms with Crippen molar-refractivity contribution in [2.45, 2.75) is 38.6 Å². The van der Waals surface area contributed by atoms with Gasteiger partial charge in [-0.3, -0.25) is 4.79 Å². The molecule has 1 aliphatic rings. The summed E-state index contributed by atoms with van der Waals surface area (Å²) in [7, 11) is 0. The summed E-state index contributed by atoms with van der Waals surface area (Å²) in [6.45, 7) is 1.62. The summed E-state index contributed by atoms with van der Waals surface area (Å²) in [5, 5.41) is 0. The van der Waals surface area contributed by atoms with E-state index in [1.807, 2.05) is 29.2 Å². The molecule has 0 spiro atoms. The van der Waals surface area contributed by atoms with Crippen LogP contribution in [0, 0.1) is 0 Å². The van der Waals surface area contributed by atoms with Crippen LogP contribution in [0.4, 0.5) is 11.4 Å². The van der Waals surface area contributed by atoms with Crippen molar-refractivity contribution in [1.82, 2.24) is 0 Å². The number of carbonyl (C=O) groups excluding carboxylic acids is 1. The van der Waals surface area contributed by atoms with Crippen LogP contribution >= 0.6 is 0 Å². The fourth-order valence-corrected chi connectivity index (χ4v) is 2.49. The molecule has 0 atom stereocenters. The third-order valence-corrected chi connectivity index (χ3v) is 3.23. The Morgan fingerprint density at radius 3 is 2.50 bits per heavy atom. The first kappa shape index (κ1) is 11.0. The average molecular weight is 218 g/mol. The molecule has 3 nitrogen and oxygen atoms in total. The molecule has 0 radical (unpaired) electrons. The lowest BCUT2D eigenvalue weighted by atomic mass is 10.1. The number of carbonyl (C=O) groups is 1. The lowest BCUT2D eigenvalue weighted by Crippen LogP contribution is -2.37. The molecule has 2 N–H and O–H groups in total. The van der Waals surface area contributed by atoms with Crippen LogP contribution in [-0.4, -0.2) is 11.9 Å². The van der Waals surface area contributed by atoms with Crippen molar-refractivity contribution in [1.29, 1.82) is 0 Å². The molecular weight excluding hydrogens is 200 g/mol. The number of nitrogens with two attached hydrogens (primary N) is 1. The van der Waals surface area contributed by atoms with E-state index < -0.39 is 0 Å². The third-order valence-electron chi connectivity index (χ3n) is 3.23. The van der Waals surface area contributed by atoms with E-state index in [9.17, 15) is 4.79 Å². The van der Waals surface area contributed by atoms with Crippen molar-refractivity contribution in [2.24, 2.45) is 0 Å². The Hall–Kier alpha value is -1.51. The molecule has 86 valence electrons. The van der Waals surface area contributed by atoms with Crippen LogP contribution in [0.25, 0.3) is 0 Å². The van der Waals surface area contributed by atoms with Gasteiger partial charge in [-0.15, -0.1) is 0 Å². The smallest absolute Gasteiger partial charge is 0.224 e. The zero-order valence-corrected chi connectivity index (χ0v) is 9.65. The van der Waals surface area contributed by atoms with E-state index in [1.165, 1.54) is 12.8 Å². The normalized spacial score (nSPS) is 16.3. The number of hydrogen-bond acceptors (Lipinski definition) is 2. The van der Waals surface area contributed by atoms with Gasteiger partial charge in [0.15, 0.2) is 0 Å². The quantitative estimate of drug-likeness (QED) is 0.775. The third kappa shape index (κ3) is 2.03. The minimum atomic E-state index is 0.0878. The summed E-state index contributed by atoms with van der Waals surface area (Å²) in [4.78, 5) is 13.6. The highest BCUT2D eigenvalue weighted by Crippen LogP contribution is 2.31. The summed E-state index contributed by atoms with van der Waals surface area (Å²) in [6, 6.07) is 7.93. The second kappa shape index (κ2) is 4.56. The maximum absolute atomic E-state index is 11.8. The van der Waals surface area contributed by atoms with Gasteiger partial charge in [-0.25, -0.2) is 0 Å². The average Bonchev–Trinajstić information content (AvgIpc) is 2.74. The van der Waals surface area contributed by atoms with Crippen molar-refractivity contribution < 1.29 is 4.79 Å². The minimum Gasteiger partial charge on any atom is -0.397 e. The van der Waals surface area contributed by atoms with Crippen LogP contribution < -0.4 is 10.6 Å². The van der Waals surface area contributed by atoms with E-state index in [4.69, 9.17) is 5.73 Å². The largest absolute Gasteiger partial charge is 0.397 e. The van der Waals surface area contributed by atoms with E-state index in [0.29, 0.717) is 11.7 Å². The molecule has 1 aliphatic carbocycles. The summed E-state index contributed by atoms with van der Waals surface area (Å²) in [5.41, 5.74) is 7.48. The number of rotatable bonds is 2. The van der Waals surface area contributed by atoms with Gasteiger partial charge in [0.25, 0.3) is 0 Å². The zero-order valence-electron chi connectivity index (χ0n) is 9.65. The Morgan fingerprint density at radius 2 is 1.94 bits per heavy atom. The van der Waals surface area contributed by atoms with E-state index in [0.717, 1.165) is 18.5 Å². The minimum absolute atomic E-state index is 0.0878. The molecule has 3 heteroatoms. The van der Waals surface area contributed by atoms with Gasteiger partial charge in [0.1, 0.15) is 0 Å². The van der Waals surface area contributed by atoms with Gasteiger partial charge in [-0.1, -0.05) is 25.0 Å². The molecule has 0 saturated heterocycles. The van der Waals surface area contributed by atoms with Crippen LogP contribution in [0.3, 0.4) is 0 Å². The monoisotopic (exact) mass is 218 g/mol. The van der Waals surface area contributed by atoms with Gasteiger partial charge in [-0.05, 0) is 25.0 Å². The molecule has 0 heterocycles. The highest BCUT2D eigenvalue weighted by Gasteiger charge is 2.26. The van der Waals surface area contributed by atoms with Gasteiger partial charge in [0.05, 0.1) is 11.4 Å². The Bertz CT molecular complexity index is 383. The van der Waals surface area contributed by atoms with Crippen LogP contribution in [0.15, 0.2) is 24.3 Å². The molecular formula is C13H18N2O. The van der Waals surface area contributed by atoms with Crippen molar-refractivity contribution in [3.63, 3.8) is 0 Å². The van der Waals surface area contributed by atoms with Gasteiger partial charge in [-0.2, -0.15) is 0 Å². The number of nitrogen functional groups attached to an aromatic ring is 1. The molecule has 1 aromatic rings. The lowest BCUT2D eigenvalue weighted by Gasteiger charge is -2.28. The zero-order chi connectivity index (χ0) is 11.5. The number of anilines is 2. The molecule has 1 amide bonds. The van der Waals surface area contributed by atoms with Crippen molar-refractivity contribution in [3.8, 4) is 0 Å². The highest BCUT2D eigenvalue weighted by atomic mass is 16.2. The maximum Gasteiger partial charge on any atom is 0.224 e. The predicted molar refractivity (Wildman–Crippen MR) is 66.3 cm³/mol. The van der Waals surface area contributed by atoms with Crippen molar-refractivity contribution >= 4 is 17.3 Å². The first-order chi connectivity index (χ1) is 7.70. The topological polar surface area (TPSA) is 46.3 Å². The Balaban J connectivity index is 2.32. The van der Waals surface area contributed by atoms with Crippen LogP contribution in [0.2, 0.25) is 0 Å². The highest BCUT2D eigenvalue weighted by molar-refractivity contribution is 5.95. The standard InChI is InChI=1S/C13H18N2O/c1-10(16)15(11-6-2-3-7-11)13-9-5-4-8-12(13)14/h4-5,8-9,11H,2-3,6-7,14H2,1H3. The van der Waals surface area contributed by atoms with Gasteiger partial charge < -0.3 is 10.6 Å². The molecule has 0 unspecified atom stereocenters. The van der Waals surface area contributed by atoms with Crippen LogP contribution in [0.1, 0.15) is 32.6 Å². The Labute approximate surface area is 96.2 Å². The number of para-hydroxylation sites is 2. The second-order valence-electron chi connectivity index (χ2n) is 4.39. The first-order valence-electron chi connectivity index (χ1n) is 5.84. The molecule has 1 fully saturated rings. The predicted octanol–water partition coefficient (Wildman–Crippen LogP) is 2.56. The van der Waals surface area contributed by atoms with Gasteiger partial charge in [0, 0.05) is 13.0 Å². The van der Waals surface area contributed by atoms with Crippen LogP contribution in [0.5, 0.6) is 0 Å². The maximum atomic E-state index is 11.8. The van der Waals surface area contributed by atoms with Crippen LogP contribution in [-0.2, 0) is 4.79 Å². The lowest BCUT2D eigenvalue weighted by molar-refractivity contribution is -0.117. The molecule has 1 saturated carbocycles. The van der Waals surface area contributed by atoms with E-state index >= 15 is 0 Å². The molecule has 0 aromatic heterocycles. The Morgan fingerprint density at radius 1 is 1.31 bits per heavy atom. The number of hydrogen-bond donors (Lipinski definition) is 1. The molecule has 0 aliphatic heterocycles. The fourth-order valence-electron chi connectivity index (χ4n) is 2.49. The fraction of sp³-hybridized carbons (Fsp3) is 0.462. The number of nitrogens with zero attached hydrogens (tertiary/aromatic N) is 1. The number of benzene rings is 1. The molecule has 1 aromatic carbocycles. The first-order valence-corrected chi connectivity index (χ1v) is 5.84. The van der Waals surface area contributed by atoms with Gasteiger partial charge >= 0.3 is 0 Å².